The van der Waals surface area contributed by atoms with E-state index in [1.54, 1.807) is 12.1 Å². The highest BCUT2D eigenvalue weighted by molar-refractivity contribution is 8.01. The number of nitrogens with two attached hydrogens (primary N) is 1. The smallest absolute Gasteiger partial charge is 0.235 e. The normalized spacial score (nSPS) is 16.9. The molecular weight excluding hydrogens is 300 g/mol. The van der Waals surface area contributed by atoms with E-state index in [2.05, 4.69) is 0 Å². The van der Waals surface area contributed by atoms with E-state index in [9.17, 15) is 14.7 Å². The molecule has 0 saturated carbocycles. The molecule has 1 atom stereocenters. The van der Waals surface area contributed by atoms with Crippen molar-refractivity contribution in [1.29, 1.82) is 0 Å². The molecule has 2 aromatic rings. The van der Waals surface area contributed by atoms with E-state index in [-0.39, 0.29) is 17.3 Å². The van der Waals surface area contributed by atoms with Gasteiger partial charge in [-0.05, 0) is 19.1 Å². The lowest BCUT2D eigenvalue weighted by Gasteiger charge is -2.20. The summed E-state index contributed by atoms with van der Waals surface area (Å²) in [6.45, 7) is 6.52. The van der Waals surface area contributed by atoms with Crippen molar-refractivity contribution >= 4 is 34.4 Å². The Morgan fingerprint density at radius 3 is 2.73 bits per heavy atom. The third-order valence-corrected chi connectivity index (χ3v) is 4.82. The van der Waals surface area contributed by atoms with Crippen molar-refractivity contribution in [2.45, 2.75) is 32.6 Å². The lowest BCUT2D eigenvalue weighted by atomic mass is 10.0. The molecule has 6 heteroatoms. The Morgan fingerprint density at radius 1 is 1.45 bits per heavy atom. The molecule has 22 heavy (non-hydrogen) atoms. The summed E-state index contributed by atoms with van der Waals surface area (Å²) >= 11 is 1.22. The lowest BCUT2D eigenvalue weighted by Crippen LogP contribution is -2.26. The average molecular weight is 320 g/mol. The number of aromatic nitrogens is 1. The van der Waals surface area contributed by atoms with Gasteiger partial charge in [-0.15, -0.1) is 11.8 Å². The number of benzene rings is 1. The molecule has 2 heterocycles. The maximum atomic E-state index is 12.2. The van der Waals surface area contributed by atoms with Gasteiger partial charge in [-0.1, -0.05) is 19.9 Å². The molecule has 0 aliphatic carbocycles. The highest BCUT2D eigenvalue weighted by atomic mass is 32.2. The number of carbonyl (C=O) groups excluding carboxylic acids is 2. The molecule has 1 aromatic carbocycles. The second kappa shape index (κ2) is 6.44. The number of carbonyl (C=O) groups is 2. The summed E-state index contributed by atoms with van der Waals surface area (Å²) in [5, 5.41) is 10.1. The fourth-order valence-electron chi connectivity index (χ4n) is 2.83. The Bertz CT molecular complexity index is 737. The van der Waals surface area contributed by atoms with Gasteiger partial charge in [-0.25, -0.2) is 0 Å². The van der Waals surface area contributed by atoms with E-state index in [0.29, 0.717) is 23.2 Å². The Balaban J connectivity index is 0.000000847. The van der Waals surface area contributed by atoms with Crippen molar-refractivity contribution in [3.05, 3.63) is 29.5 Å². The van der Waals surface area contributed by atoms with E-state index in [0.717, 1.165) is 5.52 Å². The van der Waals surface area contributed by atoms with Crippen LogP contribution in [0.15, 0.2) is 18.2 Å². The first-order valence-corrected chi connectivity index (χ1v) is 8.39. The fourth-order valence-corrected chi connectivity index (χ4v) is 3.85. The van der Waals surface area contributed by atoms with Crippen LogP contribution in [0, 0.1) is 0 Å². The zero-order valence-corrected chi connectivity index (χ0v) is 13.7. The number of phenolic OH excluding ortho intramolecular Hbond substituents is 1. The molecule has 0 radical (unpaired) electrons. The number of nitrogens with zero attached hydrogens (tertiary/aromatic N) is 1. The average Bonchev–Trinajstić information content (AvgIpc) is 2.86. The summed E-state index contributed by atoms with van der Waals surface area (Å²) in [4.78, 5) is 23.9. The minimum absolute atomic E-state index is 0.0278. The third kappa shape index (κ3) is 2.37. The zero-order valence-electron chi connectivity index (χ0n) is 12.9. The molecule has 3 N–H and O–H groups in total. The molecule has 118 valence electrons. The third-order valence-electron chi connectivity index (χ3n) is 3.59. The number of Topliss-reactive ketones (excluding diaryl/α,β-unsaturated/α-hetero) is 1. The molecule has 3 rings (SSSR count). The largest absolute Gasteiger partial charge is 0.507 e. The number of amides is 1. The number of rotatable bonds is 2. The van der Waals surface area contributed by atoms with E-state index >= 15 is 0 Å². The number of fused-ring (bicyclic) bond motifs is 3. The van der Waals surface area contributed by atoms with Crippen molar-refractivity contribution < 1.29 is 14.7 Å². The molecule has 1 aliphatic heterocycles. The van der Waals surface area contributed by atoms with E-state index < -0.39 is 11.2 Å². The Hall–Kier alpha value is -1.95. The van der Waals surface area contributed by atoms with Crippen molar-refractivity contribution in [2.24, 2.45) is 5.73 Å². The SMILES string of the molecule is CC.CCn1c2c(c3c(O)cccc31)C(C(N)=O)SCC2=O. The first-order chi connectivity index (χ1) is 10.6. The molecular formula is C16H20N2O3S. The van der Waals surface area contributed by atoms with Gasteiger partial charge in [0.1, 0.15) is 11.0 Å². The number of phenols is 1. The number of thioether (sulfide) groups is 1. The second-order valence-corrected chi connectivity index (χ2v) is 5.79. The van der Waals surface area contributed by atoms with Crippen LogP contribution in [-0.2, 0) is 11.3 Å². The predicted molar refractivity (Wildman–Crippen MR) is 89.3 cm³/mol. The molecule has 0 saturated heterocycles. The van der Waals surface area contributed by atoms with Gasteiger partial charge in [0.05, 0.1) is 17.0 Å². The maximum Gasteiger partial charge on any atom is 0.235 e. The van der Waals surface area contributed by atoms with Crippen molar-refractivity contribution in [3.8, 4) is 5.75 Å². The number of primary amides is 1. The Labute approximate surface area is 133 Å². The number of aromatic hydroxyl groups is 1. The lowest BCUT2D eigenvalue weighted by molar-refractivity contribution is -0.117. The van der Waals surface area contributed by atoms with Crippen LogP contribution in [0.5, 0.6) is 5.75 Å². The molecule has 1 unspecified atom stereocenters. The minimum atomic E-state index is -0.591. The molecule has 5 nitrogen and oxygen atoms in total. The molecule has 1 aliphatic rings. The van der Waals surface area contributed by atoms with Gasteiger partial charge in [-0.2, -0.15) is 0 Å². The minimum Gasteiger partial charge on any atom is -0.507 e. The van der Waals surface area contributed by atoms with E-state index in [1.165, 1.54) is 11.8 Å². The molecule has 0 fully saturated rings. The maximum absolute atomic E-state index is 12.2. The van der Waals surface area contributed by atoms with Crippen molar-refractivity contribution in [2.75, 3.05) is 5.75 Å². The quantitative estimate of drug-likeness (QED) is 0.891. The molecule has 1 aromatic heterocycles. The second-order valence-electron chi connectivity index (χ2n) is 4.69. The first-order valence-electron chi connectivity index (χ1n) is 7.34. The van der Waals surface area contributed by atoms with E-state index in [4.69, 9.17) is 5.73 Å². The summed E-state index contributed by atoms with van der Waals surface area (Å²) in [6, 6.07) is 5.13. The van der Waals surface area contributed by atoms with Gasteiger partial charge in [0.2, 0.25) is 5.91 Å². The van der Waals surface area contributed by atoms with Crippen LogP contribution in [0.3, 0.4) is 0 Å². The van der Waals surface area contributed by atoms with Gasteiger partial charge < -0.3 is 15.4 Å². The van der Waals surface area contributed by atoms with E-state index in [1.807, 2.05) is 31.4 Å². The number of ketones is 1. The van der Waals surface area contributed by atoms with Crippen LogP contribution in [0.2, 0.25) is 0 Å². The van der Waals surface area contributed by atoms with Gasteiger partial charge >= 0.3 is 0 Å². The van der Waals surface area contributed by atoms with Gasteiger partial charge in [0.15, 0.2) is 5.78 Å². The molecule has 1 amide bonds. The molecule has 0 bridgehead atoms. The van der Waals surface area contributed by atoms with Crippen molar-refractivity contribution in [1.82, 2.24) is 4.57 Å². The Kier molecular flexibility index (Phi) is 4.81. The summed E-state index contributed by atoms with van der Waals surface area (Å²) < 4.78 is 1.85. The summed E-state index contributed by atoms with van der Waals surface area (Å²) in [7, 11) is 0. The van der Waals surface area contributed by atoms with Crippen LogP contribution in [0.1, 0.15) is 42.1 Å². The summed E-state index contributed by atoms with van der Waals surface area (Å²) in [5.74, 6) is -0.202. The summed E-state index contributed by atoms with van der Waals surface area (Å²) in [5.41, 5.74) is 7.29. The van der Waals surface area contributed by atoms with Crippen LogP contribution >= 0.6 is 11.8 Å². The first kappa shape index (κ1) is 16.4. The van der Waals surface area contributed by atoms with Gasteiger partial charge in [0.25, 0.3) is 0 Å². The predicted octanol–water partition coefficient (Wildman–Crippen LogP) is 2.85. The van der Waals surface area contributed by atoms with Gasteiger partial charge in [0, 0.05) is 17.5 Å². The topological polar surface area (TPSA) is 85.3 Å². The zero-order chi connectivity index (χ0) is 16.4. The monoisotopic (exact) mass is 320 g/mol. The van der Waals surface area contributed by atoms with Crippen molar-refractivity contribution in [3.63, 3.8) is 0 Å². The van der Waals surface area contributed by atoms with Crippen LogP contribution in [0.4, 0.5) is 0 Å². The van der Waals surface area contributed by atoms with Crippen LogP contribution in [0.25, 0.3) is 10.9 Å². The highest BCUT2D eigenvalue weighted by Gasteiger charge is 2.36. The Morgan fingerprint density at radius 2 is 2.14 bits per heavy atom. The summed E-state index contributed by atoms with van der Waals surface area (Å²) in [6.07, 6.45) is 0. The van der Waals surface area contributed by atoms with Crippen LogP contribution < -0.4 is 5.73 Å². The number of aryl methyl sites for hydroxylation is 1. The fraction of sp³-hybridized carbons (Fsp3) is 0.375. The number of hydrogen-bond donors (Lipinski definition) is 2. The highest BCUT2D eigenvalue weighted by Crippen LogP contribution is 2.45. The molecule has 0 spiro atoms. The standard InChI is InChI=1S/C14H14N2O3S.C2H6/c1-2-16-7-4-3-5-8(17)10(7)11-12(16)9(18)6-20-13(11)14(15)19;1-2/h3-5,13,17H,2,6H2,1H3,(H2,15,19);1-2H3. The van der Waals surface area contributed by atoms with Gasteiger partial charge in [-0.3, -0.25) is 9.59 Å². The number of hydrogen-bond acceptors (Lipinski definition) is 4. The van der Waals surface area contributed by atoms with Crippen LogP contribution in [-0.4, -0.2) is 27.1 Å².